The summed E-state index contributed by atoms with van der Waals surface area (Å²) in [5.41, 5.74) is 40.0. The molecule has 0 spiro atoms. The zero-order valence-corrected chi connectivity index (χ0v) is 84.7. The van der Waals surface area contributed by atoms with Gasteiger partial charge in [-0.1, -0.05) is 382 Å². The Morgan fingerprint density at radius 2 is 0.650 bits per heavy atom. The van der Waals surface area contributed by atoms with Crippen molar-refractivity contribution in [1.82, 2.24) is 9.97 Å². The van der Waals surface area contributed by atoms with Crippen molar-refractivity contribution in [1.29, 1.82) is 0 Å². The predicted molar refractivity (Wildman–Crippen MR) is 608 cm³/mol. The van der Waals surface area contributed by atoms with Gasteiger partial charge in [0.15, 0.2) is 0 Å². The van der Waals surface area contributed by atoms with E-state index in [4.69, 9.17) is 18.8 Å². The Labute approximate surface area is 842 Å². The van der Waals surface area contributed by atoms with E-state index in [1.807, 2.05) is 46.9 Å². The normalized spacial score (nSPS) is 15.3. The molecule has 692 valence electrons. The highest BCUT2D eigenvalue weighted by atomic mass is 32.1. The predicted octanol–water partition coefficient (Wildman–Crippen LogP) is 38.6. The number of hydrogen-bond donors (Lipinski definition) is 0. The summed E-state index contributed by atoms with van der Waals surface area (Å²) in [5.74, 6) is 0. The van der Waals surface area contributed by atoms with Crippen LogP contribution in [-0.2, 0) is 37.9 Å². The van der Waals surface area contributed by atoms with Gasteiger partial charge in [0.2, 0.25) is 0 Å². The Hall–Kier alpha value is -15.6. The van der Waals surface area contributed by atoms with Crippen molar-refractivity contribution < 1.29 is 8.83 Å². The topological polar surface area (TPSA) is 58.5 Å². The molecule has 0 saturated heterocycles. The molecule has 143 heavy (non-hydrogen) atoms. The van der Waals surface area contributed by atoms with Gasteiger partial charge in [0.1, 0.15) is 22.3 Å². The number of para-hydroxylation sites is 3. The molecule has 19 aromatic carbocycles. The van der Waals surface area contributed by atoms with E-state index in [1.165, 1.54) is 168 Å². The average molecular weight is 1880 g/mol. The SMILES string of the molecule is CC1(C)c2ccc3ccccc3c2-c2ccc3oc4ccc(-c5ccc6nc(-c7ccccc7)c(-c7ccccc7)nc6c5)cc4c3c2C1(C)C.CC1(C)c2ccccc2-c2ccc(N(c3ccccc3)c3cccc4c3sc3ccc5c(c34)C(C)(C)C(C)(C)c3ccccc3-5)cc21.CC1(C)c2ccccc2-c2ccc3sc4c(N(c5ccccc5)c5ccc6c(c5)oc5ccccc56)cccc4c3c2C1(C)C. The molecule has 6 nitrogen and oxygen atoms in total. The molecule has 0 saturated carbocycles. The molecule has 5 heterocycles. The fraction of sp³-hybridized carbons (Fsp3) is 0.156. The molecule has 0 unspecified atom stereocenters. The van der Waals surface area contributed by atoms with Crippen LogP contribution in [0, 0.1) is 0 Å². The van der Waals surface area contributed by atoms with Gasteiger partial charge < -0.3 is 18.6 Å². The quantitative estimate of drug-likeness (QED) is 0.144. The van der Waals surface area contributed by atoms with E-state index in [9.17, 15) is 0 Å². The lowest BCUT2D eigenvalue weighted by atomic mass is 9.54. The number of thiophene rings is 2. The molecule has 4 aliphatic carbocycles. The maximum Gasteiger partial charge on any atom is 0.137 e. The van der Waals surface area contributed by atoms with E-state index in [-0.39, 0.29) is 37.9 Å². The highest BCUT2D eigenvalue weighted by Gasteiger charge is 2.51. The van der Waals surface area contributed by atoms with Gasteiger partial charge >= 0.3 is 0 Å². The summed E-state index contributed by atoms with van der Waals surface area (Å²) in [5, 5.41) is 12.7. The Kier molecular flexibility index (Phi) is 19.8. The van der Waals surface area contributed by atoms with Crippen LogP contribution in [0.15, 0.2) is 409 Å². The summed E-state index contributed by atoms with van der Waals surface area (Å²) < 4.78 is 18.3. The highest BCUT2D eigenvalue weighted by molar-refractivity contribution is 7.27. The van der Waals surface area contributed by atoms with Gasteiger partial charge in [-0.05, 0) is 236 Å². The first kappa shape index (κ1) is 87.7. The molecular weight excluding hydrogens is 1770 g/mol. The first-order valence-corrected chi connectivity index (χ1v) is 51.9. The third-order valence-corrected chi connectivity index (χ3v) is 36.6. The van der Waals surface area contributed by atoms with Gasteiger partial charge in [-0.2, -0.15) is 0 Å². The van der Waals surface area contributed by atoms with Crippen LogP contribution in [0.3, 0.4) is 0 Å². The summed E-state index contributed by atoms with van der Waals surface area (Å²) in [6.45, 7) is 33.8. The summed E-state index contributed by atoms with van der Waals surface area (Å²) in [7, 11) is 0. The van der Waals surface area contributed by atoms with Crippen LogP contribution in [0.4, 0.5) is 34.1 Å². The Balaban J connectivity index is 0.000000110. The van der Waals surface area contributed by atoms with E-state index >= 15 is 0 Å². The third kappa shape index (κ3) is 13.1. The van der Waals surface area contributed by atoms with Gasteiger partial charge in [0.25, 0.3) is 0 Å². The number of aromatic nitrogens is 2. The van der Waals surface area contributed by atoms with E-state index in [1.54, 1.807) is 0 Å². The Morgan fingerprint density at radius 1 is 0.231 bits per heavy atom. The van der Waals surface area contributed by atoms with E-state index < -0.39 is 0 Å². The Bertz CT molecular complexity index is 9390. The summed E-state index contributed by atoms with van der Waals surface area (Å²) in [4.78, 5) is 15.3. The first-order valence-electron chi connectivity index (χ1n) is 50.2. The van der Waals surface area contributed by atoms with Crippen LogP contribution >= 0.6 is 22.7 Å². The monoisotopic (exact) mass is 1880 g/mol. The molecule has 0 aliphatic heterocycles. The van der Waals surface area contributed by atoms with Crippen molar-refractivity contribution >= 4 is 163 Å². The number of benzene rings is 19. The van der Waals surface area contributed by atoms with Crippen molar-refractivity contribution in [2.45, 2.75) is 135 Å². The van der Waals surface area contributed by atoms with E-state index in [0.29, 0.717) is 0 Å². The molecule has 0 atom stereocenters. The van der Waals surface area contributed by atoms with Crippen molar-refractivity contribution in [3.8, 4) is 78.1 Å². The average Bonchev–Trinajstić information content (AvgIpc) is 1.68. The van der Waals surface area contributed by atoms with Crippen LogP contribution in [0.2, 0.25) is 0 Å². The molecule has 0 fully saturated rings. The van der Waals surface area contributed by atoms with Crippen molar-refractivity contribution in [2.75, 3.05) is 9.80 Å². The molecule has 0 radical (unpaired) electrons. The minimum absolute atomic E-state index is 0.0262. The number of furan rings is 2. The lowest BCUT2D eigenvalue weighted by Gasteiger charge is -2.49. The van der Waals surface area contributed by atoms with Crippen LogP contribution < -0.4 is 9.80 Å². The molecule has 0 bridgehead atoms. The van der Waals surface area contributed by atoms with Crippen LogP contribution in [0.1, 0.15) is 141 Å². The summed E-state index contributed by atoms with van der Waals surface area (Å²) in [6, 6.07) is 145. The highest BCUT2D eigenvalue weighted by Crippen LogP contribution is 2.64. The molecule has 4 aliphatic rings. The number of nitrogens with zero attached hydrogens (tertiary/aromatic N) is 4. The van der Waals surface area contributed by atoms with Gasteiger partial charge in [-0.15, -0.1) is 22.7 Å². The number of rotatable bonds is 9. The van der Waals surface area contributed by atoms with Gasteiger partial charge in [0.05, 0.1) is 43.2 Å². The lowest BCUT2D eigenvalue weighted by molar-refractivity contribution is 0.301. The molecule has 8 heteroatoms. The fourth-order valence-electron chi connectivity index (χ4n) is 24.8. The minimum atomic E-state index is -0.174. The van der Waals surface area contributed by atoms with Crippen molar-refractivity contribution in [3.05, 3.63) is 445 Å². The van der Waals surface area contributed by atoms with Gasteiger partial charge in [-0.25, -0.2) is 9.97 Å². The third-order valence-electron chi connectivity index (χ3n) is 34.2. The van der Waals surface area contributed by atoms with Crippen molar-refractivity contribution in [2.24, 2.45) is 0 Å². The van der Waals surface area contributed by atoms with Crippen LogP contribution in [-0.4, -0.2) is 9.97 Å². The number of hydrogen-bond acceptors (Lipinski definition) is 8. The second-order valence-electron chi connectivity index (χ2n) is 43.3. The van der Waals surface area contributed by atoms with Gasteiger partial charge in [-0.3, -0.25) is 0 Å². The summed E-state index contributed by atoms with van der Waals surface area (Å²) >= 11 is 3.84. The molecule has 0 N–H and O–H groups in total. The van der Waals surface area contributed by atoms with Crippen molar-refractivity contribution in [3.63, 3.8) is 0 Å². The minimum Gasteiger partial charge on any atom is -0.456 e. The first-order chi connectivity index (χ1) is 69.2. The molecule has 24 aromatic rings. The fourth-order valence-corrected chi connectivity index (χ4v) is 27.3. The van der Waals surface area contributed by atoms with E-state index in [2.05, 4.69) is 483 Å². The maximum atomic E-state index is 6.61. The lowest BCUT2D eigenvalue weighted by Crippen LogP contribution is -2.43. The Morgan fingerprint density at radius 3 is 1.24 bits per heavy atom. The molecule has 0 amide bonds. The largest absolute Gasteiger partial charge is 0.456 e. The van der Waals surface area contributed by atoms with Crippen LogP contribution in [0.5, 0.6) is 0 Å². The standard InChI is InChI=1S/C48H36N2O.C45H39NS.C42H33NOS/c1-47(2)37-23-19-29-13-11-12-18-34(29)42(37)35-22-26-41-43(44(35)48(47,3)4)36-27-32(21-25-40(36)51-41)33-20-24-38-39(28-33)50-46(31-16-9-6-10-17-31)45(49-38)30-14-7-5-8-15-30;1-43(2)35-20-12-10-17-30(35)32-24-23-29(27-37(32)43)46(28-15-8-7-9-16-28)38-22-14-19-34-40-39(47-42(34)38)26-25-33-31-18-11-13-21-36(31)44(3,4)45(5,6)41(33)40;1-41(2)33-18-10-8-15-28(33)31-23-24-37-38(39(31)42(41,3)4)32-17-12-19-34(40(32)45-37)43(26-13-6-5-7-14-26)27-21-22-30-29-16-9-11-20-35(29)44-36(30)25-27/h5-28H,1-4H3;7-27H,1-6H3;5-25H,1-4H3. The zero-order chi connectivity index (χ0) is 97.3. The molecular formula is C135H108N4O2S2. The second-order valence-corrected chi connectivity index (χ2v) is 45.4. The van der Waals surface area contributed by atoms with Gasteiger partial charge in [0, 0.05) is 114 Å². The summed E-state index contributed by atoms with van der Waals surface area (Å²) in [6.07, 6.45) is 0. The van der Waals surface area contributed by atoms with E-state index in [0.717, 1.165) is 94.5 Å². The zero-order valence-electron chi connectivity index (χ0n) is 83.0. The molecule has 5 aromatic heterocycles. The second kappa shape index (κ2) is 32.2. The smallest absolute Gasteiger partial charge is 0.137 e. The molecule has 28 rings (SSSR count). The number of anilines is 6. The number of fused-ring (bicyclic) bond motifs is 30. The van der Waals surface area contributed by atoms with Crippen LogP contribution in [0.25, 0.3) is 184 Å². The maximum absolute atomic E-state index is 6.61.